The van der Waals surface area contributed by atoms with Gasteiger partial charge in [-0.1, -0.05) is 42.5 Å². The molecule has 1 aliphatic heterocycles. The number of anilines is 1. The molecule has 2 aromatic heterocycles. The lowest BCUT2D eigenvalue weighted by atomic mass is 10.0. The van der Waals surface area contributed by atoms with E-state index in [2.05, 4.69) is 20.3 Å². The van der Waals surface area contributed by atoms with Crippen molar-refractivity contribution in [1.82, 2.24) is 19.5 Å². The minimum absolute atomic E-state index is 0.0998. The summed E-state index contributed by atoms with van der Waals surface area (Å²) in [6.45, 7) is -0.0871. The zero-order valence-corrected chi connectivity index (χ0v) is 16.3. The molecule has 2 aromatic carbocycles. The molecule has 0 spiro atoms. The monoisotopic (exact) mass is 425 g/mol. The number of aromatic nitrogens is 4. The van der Waals surface area contributed by atoms with Gasteiger partial charge < -0.3 is 25.4 Å². The van der Waals surface area contributed by atoms with E-state index >= 15 is 0 Å². The lowest BCUT2D eigenvalue weighted by molar-refractivity contribution is -0.0511. The SMILES string of the molecule is OC[C@H]1OC(n2cnc3c(NCc4cccc5ccccc45)nc(F)nc32)[C@H](O)[C@@H]1O. The highest BCUT2D eigenvalue weighted by Gasteiger charge is 2.44. The van der Waals surface area contributed by atoms with Crippen LogP contribution in [0.1, 0.15) is 11.8 Å². The fraction of sp³-hybridized carbons (Fsp3) is 0.286. The van der Waals surface area contributed by atoms with Crippen LogP contribution < -0.4 is 5.32 Å². The first-order valence-electron chi connectivity index (χ1n) is 9.80. The summed E-state index contributed by atoms with van der Waals surface area (Å²) in [7, 11) is 0. The largest absolute Gasteiger partial charge is 0.394 e. The molecule has 0 saturated carbocycles. The van der Waals surface area contributed by atoms with Gasteiger partial charge in [0.2, 0.25) is 0 Å². The third-order valence-corrected chi connectivity index (χ3v) is 5.51. The minimum atomic E-state index is -1.33. The Labute approximate surface area is 175 Å². The highest BCUT2D eigenvalue weighted by molar-refractivity contribution is 5.86. The summed E-state index contributed by atoms with van der Waals surface area (Å²) in [5, 5.41) is 34.9. The topological polar surface area (TPSA) is 126 Å². The molecule has 1 saturated heterocycles. The Hall–Kier alpha value is -3.18. The van der Waals surface area contributed by atoms with Crippen molar-refractivity contribution in [3.63, 3.8) is 0 Å². The normalized spacial score (nSPS) is 23.6. The fourth-order valence-electron chi connectivity index (χ4n) is 3.93. The van der Waals surface area contributed by atoms with E-state index in [9.17, 15) is 19.7 Å². The van der Waals surface area contributed by atoms with E-state index in [4.69, 9.17) is 4.74 Å². The Morgan fingerprint density at radius 3 is 2.68 bits per heavy atom. The third kappa shape index (κ3) is 3.39. The number of ether oxygens (including phenoxy) is 1. The summed E-state index contributed by atoms with van der Waals surface area (Å²) >= 11 is 0. The average molecular weight is 425 g/mol. The number of hydrogen-bond donors (Lipinski definition) is 4. The van der Waals surface area contributed by atoms with Gasteiger partial charge in [-0.05, 0) is 16.3 Å². The predicted octanol–water partition coefficient (Wildman–Crippen LogP) is 1.34. The number of aliphatic hydroxyl groups is 3. The van der Waals surface area contributed by atoms with Crippen LogP contribution >= 0.6 is 0 Å². The van der Waals surface area contributed by atoms with Crippen LogP contribution in [-0.4, -0.2) is 59.8 Å². The summed E-state index contributed by atoms with van der Waals surface area (Å²) in [4.78, 5) is 11.9. The summed E-state index contributed by atoms with van der Waals surface area (Å²) in [5.41, 5.74) is 1.40. The maximum atomic E-state index is 14.2. The van der Waals surface area contributed by atoms with Gasteiger partial charge in [-0.25, -0.2) is 4.98 Å². The summed E-state index contributed by atoms with van der Waals surface area (Å²) < 4.78 is 21.1. The molecule has 0 aliphatic carbocycles. The van der Waals surface area contributed by atoms with Gasteiger partial charge in [0, 0.05) is 6.54 Å². The number of halogens is 1. The Balaban J connectivity index is 1.48. The second-order valence-electron chi connectivity index (χ2n) is 7.39. The lowest BCUT2D eigenvalue weighted by Gasteiger charge is -2.16. The Bertz CT molecular complexity index is 1240. The van der Waals surface area contributed by atoms with E-state index in [0.717, 1.165) is 16.3 Å². The number of nitrogens with zero attached hydrogens (tertiary/aromatic N) is 4. The second-order valence-corrected chi connectivity index (χ2v) is 7.39. The molecule has 1 unspecified atom stereocenters. The standard InChI is InChI=1S/C21H20FN5O4/c22-21-25-18(23-8-12-6-3-5-11-4-1-2-7-13(11)12)15-19(26-21)27(10-24-15)20-17(30)16(29)14(9-28)31-20/h1-7,10,14,16-17,20,28-30H,8-9H2,(H,23,25,26)/t14-,16-,17-,20?/m1/s1. The predicted molar refractivity (Wildman–Crippen MR) is 110 cm³/mol. The molecule has 4 atom stereocenters. The Morgan fingerprint density at radius 1 is 1.06 bits per heavy atom. The van der Waals surface area contributed by atoms with Crippen molar-refractivity contribution in [3.05, 3.63) is 60.4 Å². The van der Waals surface area contributed by atoms with Gasteiger partial charge in [0.25, 0.3) is 0 Å². The van der Waals surface area contributed by atoms with E-state index in [-0.39, 0.29) is 11.5 Å². The smallest absolute Gasteiger partial charge is 0.312 e. The van der Waals surface area contributed by atoms with Crippen molar-refractivity contribution in [3.8, 4) is 0 Å². The van der Waals surface area contributed by atoms with E-state index in [0.29, 0.717) is 12.1 Å². The first-order valence-corrected chi connectivity index (χ1v) is 9.80. The molecule has 1 fully saturated rings. The molecule has 0 amide bonds. The second kappa shape index (κ2) is 7.82. The van der Waals surface area contributed by atoms with E-state index in [1.165, 1.54) is 10.9 Å². The molecule has 5 rings (SSSR count). The van der Waals surface area contributed by atoms with Crippen LogP contribution in [0.25, 0.3) is 21.9 Å². The first kappa shape index (κ1) is 19.8. The van der Waals surface area contributed by atoms with Gasteiger partial charge >= 0.3 is 6.08 Å². The van der Waals surface area contributed by atoms with E-state index in [1.54, 1.807) is 0 Å². The molecule has 160 valence electrons. The van der Waals surface area contributed by atoms with Gasteiger partial charge in [-0.15, -0.1) is 0 Å². The Morgan fingerprint density at radius 2 is 1.87 bits per heavy atom. The van der Waals surface area contributed by atoms with Crippen molar-refractivity contribution >= 4 is 27.8 Å². The lowest BCUT2D eigenvalue weighted by Crippen LogP contribution is -2.33. The van der Waals surface area contributed by atoms with Gasteiger partial charge in [-0.2, -0.15) is 14.4 Å². The quantitative estimate of drug-likeness (QED) is 0.353. The minimum Gasteiger partial charge on any atom is -0.394 e. The number of rotatable bonds is 5. The average Bonchev–Trinajstić information content (AvgIpc) is 3.32. The number of hydrogen-bond acceptors (Lipinski definition) is 8. The number of fused-ring (bicyclic) bond motifs is 2. The van der Waals surface area contributed by atoms with Crippen molar-refractivity contribution in [2.24, 2.45) is 0 Å². The molecule has 1 aliphatic rings. The van der Waals surface area contributed by atoms with Crippen LogP contribution in [0.4, 0.5) is 10.2 Å². The highest BCUT2D eigenvalue weighted by Crippen LogP contribution is 2.32. The van der Waals surface area contributed by atoms with Gasteiger partial charge in [0.05, 0.1) is 12.9 Å². The van der Waals surface area contributed by atoms with Crippen molar-refractivity contribution in [2.75, 3.05) is 11.9 Å². The van der Waals surface area contributed by atoms with Gasteiger partial charge in [0.1, 0.15) is 18.3 Å². The molecule has 31 heavy (non-hydrogen) atoms. The van der Waals surface area contributed by atoms with Gasteiger partial charge in [0.15, 0.2) is 23.2 Å². The maximum absolute atomic E-state index is 14.2. The van der Waals surface area contributed by atoms with Gasteiger partial charge in [-0.3, -0.25) is 4.57 Å². The molecule has 0 radical (unpaired) electrons. The van der Waals surface area contributed by atoms with Crippen molar-refractivity contribution in [2.45, 2.75) is 31.1 Å². The van der Waals surface area contributed by atoms with Crippen molar-refractivity contribution in [1.29, 1.82) is 0 Å². The number of nitrogens with one attached hydrogen (secondary N) is 1. The zero-order chi connectivity index (χ0) is 21.5. The number of aliphatic hydroxyl groups excluding tert-OH is 3. The van der Waals surface area contributed by atoms with Crippen LogP contribution in [-0.2, 0) is 11.3 Å². The first-order chi connectivity index (χ1) is 15.1. The molecule has 10 heteroatoms. The van der Waals surface area contributed by atoms with Crippen LogP contribution in [0.2, 0.25) is 0 Å². The molecule has 4 N–H and O–H groups in total. The Kier molecular flexibility index (Phi) is 4.98. The molecule has 3 heterocycles. The van der Waals surface area contributed by atoms with Crippen LogP contribution in [0, 0.1) is 6.08 Å². The molecule has 4 aromatic rings. The highest BCUT2D eigenvalue weighted by atomic mass is 19.1. The maximum Gasteiger partial charge on any atom is 0.312 e. The zero-order valence-electron chi connectivity index (χ0n) is 16.3. The fourth-order valence-corrected chi connectivity index (χ4v) is 3.93. The van der Waals surface area contributed by atoms with Crippen LogP contribution in [0.3, 0.4) is 0 Å². The third-order valence-electron chi connectivity index (χ3n) is 5.51. The van der Waals surface area contributed by atoms with E-state index < -0.39 is 37.2 Å². The molecule has 0 bridgehead atoms. The van der Waals surface area contributed by atoms with Crippen molar-refractivity contribution < 1.29 is 24.4 Å². The van der Waals surface area contributed by atoms with Crippen LogP contribution in [0.15, 0.2) is 48.8 Å². The molecule has 9 nitrogen and oxygen atoms in total. The van der Waals surface area contributed by atoms with E-state index in [1.807, 2.05) is 42.5 Å². The number of benzene rings is 2. The summed E-state index contributed by atoms with van der Waals surface area (Å²) in [6.07, 6.45) is -4.29. The summed E-state index contributed by atoms with van der Waals surface area (Å²) in [6, 6.07) is 13.9. The summed E-state index contributed by atoms with van der Waals surface area (Å²) in [5.74, 6) is 0.195. The molecular weight excluding hydrogens is 405 g/mol. The van der Waals surface area contributed by atoms with Crippen LogP contribution in [0.5, 0.6) is 0 Å². The molecular formula is C21H20FN5O4. The number of imidazole rings is 1.